The molecular formula is C15H23NS. The largest absolute Gasteiger partial charge is 0.329 e. The summed E-state index contributed by atoms with van der Waals surface area (Å²) in [4.78, 5) is 1.36. The van der Waals surface area contributed by atoms with Gasteiger partial charge in [-0.1, -0.05) is 31.5 Å². The fraction of sp³-hybridized carbons (Fsp3) is 0.600. The molecule has 0 aliphatic heterocycles. The molecule has 1 fully saturated rings. The first kappa shape index (κ1) is 13.0. The molecular weight excluding hydrogens is 226 g/mol. The Morgan fingerprint density at radius 2 is 1.88 bits per heavy atom. The van der Waals surface area contributed by atoms with Crippen molar-refractivity contribution in [3.8, 4) is 0 Å². The topological polar surface area (TPSA) is 26.0 Å². The van der Waals surface area contributed by atoms with Crippen molar-refractivity contribution in [3.05, 3.63) is 29.8 Å². The molecule has 0 bridgehead atoms. The number of benzene rings is 1. The first-order chi connectivity index (χ1) is 8.04. The summed E-state index contributed by atoms with van der Waals surface area (Å²) in [6, 6.07) is 8.82. The molecule has 1 aromatic rings. The van der Waals surface area contributed by atoms with Crippen LogP contribution in [0.4, 0.5) is 0 Å². The minimum absolute atomic E-state index is 0.310. The van der Waals surface area contributed by atoms with E-state index in [1.54, 1.807) is 0 Å². The van der Waals surface area contributed by atoms with Crippen LogP contribution in [-0.4, -0.2) is 11.3 Å². The molecule has 0 radical (unpaired) electrons. The maximum absolute atomic E-state index is 5.99. The van der Waals surface area contributed by atoms with Crippen LogP contribution in [0.2, 0.25) is 0 Å². The fourth-order valence-electron chi connectivity index (χ4n) is 2.52. The van der Waals surface area contributed by atoms with Crippen molar-refractivity contribution in [3.63, 3.8) is 0 Å². The van der Waals surface area contributed by atoms with E-state index in [0.717, 1.165) is 18.4 Å². The van der Waals surface area contributed by atoms with E-state index in [9.17, 15) is 0 Å². The Morgan fingerprint density at radius 1 is 1.29 bits per heavy atom. The minimum Gasteiger partial charge on any atom is -0.329 e. The molecule has 0 atom stereocenters. The average molecular weight is 249 g/mol. The molecule has 0 unspecified atom stereocenters. The van der Waals surface area contributed by atoms with E-state index in [2.05, 4.69) is 45.0 Å². The Kier molecular flexibility index (Phi) is 3.84. The highest BCUT2D eigenvalue weighted by Gasteiger charge is 2.44. The van der Waals surface area contributed by atoms with Gasteiger partial charge in [0.1, 0.15) is 0 Å². The summed E-state index contributed by atoms with van der Waals surface area (Å²) < 4.78 is 0.310. The Bertz CT molecular complexity index is 363. The lowest BCUT2D eigenvalue weighted by Gasteiger charge is -2.48. The predicted molar refractivity (Wildman–Crippen MR) is 76.4 cm³/mol. The van der Waals surface area contributed by atoms with Crippen molar-refractivity contribution < 1.29 is 0 Å². The zero-order valence-corrected chi connectivity index (χ0v) is 11.9. The SMILES string of the molecule is Cc1ccc(SC2(CN)CC(C(C)C)C2)cc1. The molecule has 1 aliphatic rings. The highest BCUT2D eigenvalue weighted by Crippen LogP contribution is 2.52. The Hall–Kier alpha value is -0.470. The number of nitrogens with two attached hydrogens (primary N) is 1. The molecule has 0 heterocycles. The van der Waals surface area contributed by atoms with Gasteiger partial charge in [0.25, 0.3) is 0 Å². The van der Waals surface area contributed by atoms with Crippen molar-refractivity contribution in [1.82, 2.24) is 0 Å². The first-order valence-corrected chi connectivity index (χ1v) is 7.32. The molecule has 2 rings (SSSR count). The van der Waals surface area contributed by atoms with Gasteiger partial charge in [-0.3, -0.25) is 0 Å². The third-order valence-corrected chi connectivity index (χ3v) is 5.38. The van der Waals surface area contributed by atoms with E-state index in [4.69, 9.17) is 5.73 Å². The molecule has 17 heavy (non-hydrogen) atoms. The lowest BCUT2D eigenvalue weighted by atomic mass is 9.69. The summed E-state index contributed by atoms with van der Waals surface area (Å²) in [5, 5.41) is 0. The zero-order valence-electron chi connectivity index (χ0n) is 11.1. The predicted octanol–water partition coefficient (Wildman–Crippen LogP) is 3.85. The van der Waals surface area contributed by atoms with Gasteiger partial charge in [0.05, 0.1) is 0 Å². The van der Waals surface area contributed by atoms with Crippen molar-refractivity contribution >= 4 is 11.8 Å². The third kappa shape index (κ3) is 2.86. The second-order valence-electron chi connectivity index (χ2n) is 5.71. The van der Waals surface area contributed by atoms with Crippen LogP contribution in [0.3, 0.4) is 0 Å². The molecule has 2 N–H and O–H groups in total. The minimum atomic E-state index is 0.310. The van der Waals surface area contributed by atoms with Crippen LogP contribution in [0.15, 0.2) is 29.2 Å². The van der Waals surface area contributed by atoms with E-state index in [0.29, 0.717) is 4.75 Å². The highest BCUT2D eigenvalue weighted by atomic mass is 32.2. The molecule has 1 saturated carbocycles. The number of thioether (sulfide) groups is 1. The van der Waals surface area contributed by atoms with Crippen LogP contribution >= 0.6 is 11.8 Å². The zero-order chi connectivity index (χ0) is 12.5. The molecule has 0 aromatic heterocycles. The average Bonchev–Trinajstić information content (AvgIpc) is 2.25. The quantitative estimate of drug-likeness (QED) is 0.877. The van der Waals surface area contributed by atoms with Crippen LogP contribution in [0.5, 0.6) is 0 Å². The molecule has 2 heteroatoms. The standard InChI is InChI=1S/C15H23NS/c1-11(2)13-8-15(9-13,10-16)17-14-6-4-12(3)5-7-14/h4-7,11,13H,8-10,16H2,1-3H3. The number of hydrogen-bond acceptors (Lipinski definition) is 2. The summed E-state index contributed by atoms with van der Waals surface area (Å²) >= 11 is 1.98. The maximum Gasteiger partial charge on any atom is 0.0334 e. The summed E-state index contributed by atoms with van der Waals surface area (Å²) in [7, 11) is 0. The van der Waals surface area contributed by atoms with Gasteiger partial charge in [0, 0.05) is 16.2 Å². The molecule has 0 saturated heterocycles. The Labute approximate surface area is 109 Å². The smallest absolute Gasteiger partial charge is 0.0334 e. The second kappa shape index (κ2) is 5.03. The van der Waals surface area contributed by atoms with Crippen molar-refractivity contribution in [2.24, 2.45) is 17.6 Å². The summed E-state index contributed by atoms with van der Waals surface area (Å²) in [5.74, 6) is 1.67. The van der Waals surface area contributed by atoms with Crippen molar-refractivity contribution in [1.29, 1.82) is 0 Å². The van der Waals surface area contributed by atoms with Crippen LogP contribution < -0.4 is 5.73 Å². The number of aryl methyl sites for hydroxylation is 1. The van der Waals surface area contributed by atoms with Crippen molar-refractivity contribution in [2.45, 2.75) is 43.3 Å². The van der Waals surface area contributed by atoms with Crippen LogP contribution in [0.1, 0.15) is 32.3 Å². The molecule has 0 spiro atoms. The molecule has 0 amide bonds. The lowest BCUT2D eigenvalue weighted by Crippen LogP contribution is -2.48. The van der Waals surface area contributed by atoms with Gasteiger partial charge < -0.3 is 5.73 Å². The number of hydrogen-bond donors (Lipinski definition) is 1. The van der Waals surface area contributed by atoms with Gasteiger partial charge >= 0.3 is 0 Å². The second-order valence-corrected chi connectivity index (χ2v) is 7.26. The van der Waals surface area contributed by atoms with Crippen LogP contribution in [0, 0.1) is 18.8 Å². The van der Waals surface area contributed by atoms with E-state index in [-0.39, 0.29) is 0 Å². The number of rotatable bonds is 4. The van der Waals surface area contributed by atoms with Gasteiger partial charge in [0.15, 0.2) is 0 Å². The first-order valence-electron chi connectivity index (χ1n) is 6.50. The molecule has 1 aromatic carbocycles. The lowest BCUT2D eigenvalue weighted by molar-refractivity contribution is 0.176. The fourth-order valence-corrected chi connectivity index (χ4v) is 3.97. The third-order valence-electron chi connectivity index (χ3n) is 3.94. The summed E-state index contributed by atoms with van der Waals surface area (Å²) in [5.41, 5.74) is 7.31. The van der Waals surface area contributed by atoms with E-state index in [1.165, 1.54) is 23.3 Å². The van der Waals surface area contributed by atoms with E-state index >= 15 is 0 Å². The van der Waals surface area contributed by atoms with Gasteiger partial charge in [-0.2, -0.15) is 0 Å². The van der Waals surface area contributed by atoms with E-state index in [1.807, 2.05) is 11.8 Å². The maximum atomic E-state index is 5.99. The van der Waals surface area contributed by atoms with E-state index < -0.39 is 0 Å². The van der Waals surface area contributed by atoms with Crippen LogP contribution in [0.25, 0.3) is 0 Å². The monoisotopic (exact) mass is 249 g/mol. The Balaban J connectivity index is 2.00. The highest BCUT2D eigenvalue weighted by molar-refractivity contribution is 8.00. The summed E-state index contributed by atoms with van der Waals surface area (Å²) in [6.45, 7) is 7.57. The van der Waals surface area contributed by atoms with Gasteiger partial charge in [-0.05, 0) is 43.7 Å². The van der Waals surface area contributed by atoms with Gasteiger partial charge in [-0.25, -0.2) is 0 Å². The summed E-state index contributed by atoms with van der Waals surface area (Å²) in [6.07, 6.45) is 2.55. The van der Waals surface area contributed by atoms with Gasteiger partial charge in [0.2, 0.25) is 0 Å². The molecule has 1 aliphatic carbocycles. The van der Waals surface area contributed by atoms with Crippen LogP contribution in [-0.2, 0) is 0 Å². The molecule has 94 valence electrons. The Morgan fingerprint density at radius 3 is 2.35 bits per heavy atom. The van der Waals surface area contributed by atoms with Crippen molar-refractivity contribution in [2.75, 3.05) is 6.54 Å². The normalized spacial score (nSPS) is 28.2. The molecule has 1 nitrogen and oxygen atoms in total. The van der Waals surface area contributed by atoms with Gasteiger partial charge in [-0.15, -0.1) is 11.8 Å².